The van der Waals surface area contributed by atoms with Crippen LogP contribution in [0.25, 0.3) is 10.9 Å². The van der Waals surface area contributed by atoms with Crippen LogP contribution in [-0.4, -0.2) is 48.3 Å². The van der Waals surface area contributed by atoms with Crippen molar-refractivity contribution in [2.45, 2.75) is 51.1 Å². The van der Waals surface area contributed by atoms with Crippen LogP contribution in [0, 0.1) is 0 Å². The van der Waals surface area contributed by atoms with Crippen molar-refractivity contribution in [3.05, 3.63) is 35.2 Å². The standard InChI is InChI=1S/C22H31N5OS/c1-5-17(29-4)14-20(28)23-15-10-12-16(13-11-15)24-22-25-19-9-7-6-8-18(19)21(26-22)27(2)3/h5-9,15-16H,10-14H2,1-4H3,(H,23,28)(H,24,25,26)/b17-5-. The highest BCUT2D eigenvalue weighted by atomic mass is 32.2. The second-order valence-corrected chi connectivity index (χ2v) is 8.61. The van der Waals surface area contributed by atoms with E-state index in [0.29, 0.717) is 18.4 Å². The number of hydrogen-bond acceptors (Lipinski definition) is 6. The Morgan fingerprint density at radius 1 is 1.17 bits per heavy atom. The SMILES string of the molecule is C/C=C(/CC(=O)NC1CCC(Nc2nc(N(C)C)c3ccccc3n2)CC1)SC. The summed E-state index contributed by atoms with van der Waals surface area (Å²) in [5.74, 6) is 1.72. The van der Waals surface area contributed by atoms with E-state index in [1.165, 1.54) is 0 Å². The lowest BCUT2D eigenvalue weighted by atomic mass is 9.91. The summed E-state index contributed by atoms with van der Waals surface area (Å²) < 4.78 is 0. The molecule has 0 saturated heterocycles. The summed E-state index contributed by atoms with van der Waals surface area (Å²) in [5, 5.41) is 7.77. The number of carbonyl (C=O) groups excluding carboxylic acids is 1. The van der Waals surface area contributed by atoms with Crippen molar-refractivity contribution in [1.29, 1.82) is 0 Å². The van der Waals surface area contributed by atoms with Gasteiger partial charge in [0.1, 0.15) is 5.82 Å². The molecule has 7 heteroatoms. The molecule has 1 aromatic heterocycles. The van der Waals surface area contributed by atoms with Crippen molar-refractivity contribution < 1.29 is 4.79 Å². The first-order chi connectivity index (χ1) is 14.0. The molecule has 156 valence electrons. The van der Waals surface area contributed by atoms with Crippen molar-refractivity contribution in [2.75, 3.05) is 30.6 Å². The Kier molecular flexibility index (Phi) is 7.36. The average Bonchev–Trinajstić information content (AvgIpc) is 2.72. The average molecular weight is 414 g/mol. The summed E-state index contributed by atoms with van der Waals surface area (Å²) in [6.45, 7) is 1.98. The first kappa shape index (κ1) is 21.4. The maximum Gasteiger partial charge on any atom is 0.225 e. The molecule has 1 saturated carbocycles. The molecule has 1 aliphatic carbocycles. The second-order valence-electron chi connectivity index (χ2n) is 7.68. The summed E-state index contributed by atoms with van der Waals surface area (Å²) in [7, 11) is 4.01. The minimum atomic E-state index is 0.123. The van der Waals surface area contributed by atoms with Gasteiger partial charge in [-0.3, -0.25) is 4.79 Å². The van der Waals surface area contributed by atoms with Gasteiger partial charge in [0.05, 0.1) is 11.9 Å². The molecule has 0 atom stereocenters. The van der Waals surface area contributed by atoms with Gasteiger partial charge in [-0.25, -0.2) is 4.98 Å². The van der Waals surface area contributed by atoms with Crippen LogP contribution in [0.4, 0.5) is 11.8 Å². The zero-order valence-corrected chi connectivity index (χ0v) is 18.6. The molecule has 29 heavy (non-hydrogen) atoms. The number of thioether (sulfide) groups is 1. The van der Waals surface area contributed by atoms with Crippen LogP contribution >= 0.6 is 11.8 Å². The van der Waals surface area contributed by atoms with E-state index in [0.717, 1.165) is 47.3 Å². The smallest absolute Gasteiger partial charge is 0.225 e. The number of nitrogens with zero attached hydrogens (tertiary/aromatic N) is 3. The number of carbonyl (C=O) groups is 1. The van der Waals surface area contributed by atoms with Gasteiger partial charge in [-0.2, -0.15) is 4.98 Å². The van der Waals surface area contributed by atoms with Gasteiger partial charge in [-0.15, -0.1) is 11.8 Å². The van der Waals surface area contributed by atoms with E-state index >= 15 is 0 Å². The molecule has 0 aliphatic heterocycles. The van der Waals surface area contributed by atoms with Crippen molar-refractivity contribution >= 4 is 40.3 Å². The largest absolute Gasteiger partial charge is 0.362 e. The van der Waals surface area contributed by atoms with E-state index < -0.39 is 0 Å². The van der Waals surface area contributed by atoms with Crippen LogP contribution in [0.3, 0.4) is 0 Å². The summed E-state index contributed by atoms with van der Waals surface area (Å²) in [5.41, 5.74) is 0.947. The topological polar surface area (TPSA) is 70.2 Å². The fourth-order valence-corrected chi connectivity index (χ4v) is 4.27. The molecule has 1 amide bonds. The van der Waals surface area contributed by atoms with Gasteiger partial charge in [0, 0.05) is 31.6 Å². The molecule has 0 radical (unpaired) electrons. The van der Waals surface area contributed by atoms with E-state index in [9.17, 15) is 4.79 Å². The van der Waals surface area contributed by atoms with Gasteiger partial charge >= 0.3 is 0 Å². The highest BCUT2D eigenvalue weighted by Crippen LogP contribution is 2.26. The first-order valence-corrected chi connectivity index (χ1v) is 11.4. The third-order valence-electron chi connectivity index (χ3n) is 5.35. The number of amides is 1. The van der Waals surface area contributed by atoms with E-state index in [1.807, 2.05) is 56.4 Å². The van der Waals surface area contributed by atoms with Crippen LogP contribution in [0.1, 0.15) is 39.0 Å². The number of benzene rings is 1. The predicted molar refractivity (Wildman–Crippen MR) is 124 cm³/mol. The highest BCUT2D eigenvalue weighted by Gasteiger charge is 2.23. The van der Waals surface area contributed by atoms with E-state index in [2.05, 4.69) is 16.7 Å². The first-order valence-electron chi connectivity index (χ1n) is 10.2. The van der Waals surface area contributed by atoms with Gasteiger partial charge in [-0.05, 0) is 55.9 Å². The molecule has 0 bridgehead atoms. The molecule has 6 nitrogen and oxygen atoms in total. The second kappa shape index (κ2) is 9.96. The van der Waals surface area contributed by atoms with Gasteiger partial charge in [-0.1, -0.05) is 18.2 Å². The molecule has 1 fully saturated rings. The van der Waals surface area contributed by atoms with Crippen LogP contribution in [0.5, 0.6) is 0 Å². The predicted octanol–water partition coefficient (Wildman–Crippen LogP) is 4.19. The molecule has 0 unspecified atom stereocenters. The lowest BCUT2D eigenvalue weighted by Crippen LogP contribution is -2.40. The Hall–Kier alpha value is -2.28. The minimum absolute atomic E-state index is 0.123. The van der Waals surface area contributed by atoms with Crippen molar-refractivity contribution in [3.63, 3.8) is 0 Å². The minimum Gasteiger partial charge on any atom is -0.362 e. The zero-order chi connectivity index (χ0) is 20.8. The lowest BCUT2D eigenvalue weighted by Gasteiger charge is -2.30. The quantitative estimate of drug-likeness (QED) is 0.709. The van der Waals surface area contributed by atoms with Crippen molar-refractivity contribution in [2.24, 2.45) is 0 Å². The molecule has 2 aromatic rings. The van der Waals surface area contributed by atoms with E-state index in [1.54, 1.807) is 11.8 Å². The van der Waals surface area contributed by atoms with Crippen molar-refractivity contribution in [1.82, 2.24) is 15.3 Å². The molecule has 0 spiro atoms. The van der Waals surface area contributed by atoms with E-state index in [4.69, 9.17) is 9.97 Å². The summed E-state index contributed by atoms with van der Waals surface area (Å²) >= 11 is 1.64. The number of allylic oxidation sites excluding steroid dienone is 1. The fraction of sp³-hybridized carbons (Fsp3) is 0.500. The number of nitrogens with one attached hydrogen (secondary N) is 2. The number of anilines is 2. The summed E-state index contributed by atoms with van der Waals surface area (Å²) in [6, 6.07) is 8.68. The van der Waals surface area contributed by atoms with Crippen LogP contribution < -0.4 is 15.5 Å². The van der Waals surface area contributed by atoms with Gasteiger partial charge in [0.15, 0.2) is 0 Å². The molecular weight excluding hydrogens is 382 g/mol. The Balaban J connectivity index is 1.58. The van der Waals surface area contributed by atoms with Gasteiger partial charge < -0.3 is 15.5 Å². The summed E-state index contributed by atoms with van der Waals surface area (Å²) in [6.07, 6.45) is 8.44. The Bertz CT molecular complexity index is 875. The zero-order valence-electron chi connectivity index (χ0n) is 17.7. The number of fused-ring (bicyclic) bond motifs is 1. The molecule has 1 heterocycles. The molecule has 2 N–H and O–H groups in total. The Labute approximate surface area is 177 Å². The molecule has 3 rings (SSSR count). The molecule has 1 aromatic carbocycles. The third-order valence-corrected chi connectivity index (χ3v) is 6.26. The number of aromatic nitrogens is 2. The third kappa shape index (κ3) is 5.63. The maximum atomic E-state index is 12.2. The molecular formula is C22H31N5OS. The van der Waals surface area contributed by atoms with Crippen LogP contribution in [0.2, 0.25) is 0 Å². The normalized spacial score (nSPS) is 19.8. The van der Waals surface area contributed by atoms with Crippen LogP contribution in [0.15, 0.2) is 35.2 Å². The summed E-state index contributed by atoms with van der Waals surface area (Å²) in [4.78, 5) is 24.8. The maximum absolute atomic E-state index is 12.2. The van der Waals surface area contributed by atoms with Crippen molar-refractivity contribution in [3.8, 4) is 0 Å². The van der Waals surface area contributed by atoms with Crippen LogP contribution in [-0.2, 0) is 4.79 Å². The monoisotopic (exact) mass is 413 g/mol. The number of rotatable bonds is 7. The van der Waals surface area contributed by atoms with Gasteiger partial charge in [0.25, 0.3) is 0 Å². The Morgan fingerprint density at radius 2 is 1.86 bits per heavy atom. The number of hydrogen-bond donors (Lipinski definition) is 2. The fourth-order valence-electron chi connectivity index (χ4n) is 3.76. The lowest BCUT2D eigenvalue weighted by molar-refractivity contribution is -0.121. The van der Waals surface area contributed by atoms with Gasteiger partial charge in [0.2, 0.25) is 11.9 Å². The highest BCUT2D eigenvalue weighted by molar-refractivity contribution is 8.02. The number of para-hydroxylation sites is 1. The Morgan fingerprint density at radius 3 is 2.52 bits per heavy atom. The van der Waals surface area contributed by atoms with E-state index in [-0.39, 0.29) is 11.9 Å². The molecule has 1 aliphatic rings.